The summed E-state index contributed by atoms with van der Waals surface area (Å²) in [7, 11) is -12.9. The second-order valence-electron chi connectivity index (χ2n) is 1.54. The van der Waals surface area contributed by atoms with Gasteiger partial charge in [-0.1, -0.05) is 0 Å². The monoisotopic (exact) mass is 326 g/mol. The first-order valence-electron chi connectivity index (χ1n) is 2.79. The van der Waals surface area contributed by atoms with Gasteiger partial charge in [-0.25, -0.2) is 13.7 Å². The highest BCUT2D eigenvalue weighted by Crippen LogP contribution is 2.26. The van der Waals surface area contributed by atoms with E-state index in [1.54, 1.807) is 0 Å². The number of hydrogen-bond acceptors (Lipinski definition) is 4. The van der Waals surface area contributed by atoms with Gasteiger partial charge >= 0.3 is 23.5 Å². The Morgan fingerprint density at radius 3 is 0.471 bits per heavy atom. The Bertz CT molecular complexity index is 203. The van der Waals surface area contributed by atoms with Crippen molar-refractivity contribution < 1.29 is 62.8 Å². The number of aliphatic hydroxyl groups is 1. The first-order chi connectivity index (χ1) is 7.00. The Hall–Kier alpha value is 0.290. The normalized spacial score (nSPS) is 10.8. The molecular formula is CH13O13P3. The van der Waals surface area contributed by atoms with Crippen molar-refractivity contribution in [3.8, 4) is 0 Å². The maximum absolute atomic E-state index is 8.88. The molecular weight excluding hydrogens is 313 g/mol. The van der Waals surface area contributed by atoms with Gasteiger partial charge in [0.2, 0.25) is 0 Å². The smallest absolute Gasteiger partial charge is 0.400 e. The minimum absolute atomic E-state index is 1.00. The number of aliphatic hydroxyl groups excluding tert-OH is 1. The van der Waals surface area contributed by atoms with Crippen molar-refractivity contribution in [3.63, 3.8) is 0 Å². The summed E-state index contributed by atoms with van der Waals surface area (Å²) in [6.45, 7) is 0. The van der Waals surface area contributed by atoms with E-state index in [4.69, 9.17) is 62.8 Å². The fourth-order valence-electron chi connectivity index (χ4n) is 0. The third kappa shape index (κ3) is 39600. The summed E-state index contributed by atoms with van der Waals surface area (Å²) in [6, 6.07) is 0. The Labute approximate surface area is 94.3 Å². The molecule has 0 unspecified atom stereocenters. The summed E-state index contributed by atoms with van der Waals surface area (Å²) >= 11 is 0. The number of hydrogen-bond donors (Lipinski definition) is 10. The molecule has 0 saturated carbocycles. The van der Waals surface area contributed by atoms with Crippen molar-refractivity contribution in [2.24, 2.45) is 0 Å². The minimum atomic E-state index is -4.64. The fourth-order valence-corrected chi connectivity index (χ4v) is 0. The molecule has 0 aliphatic heterocycles. The Balaban J connectivity index is -0.0000000693. The summed E-state index contributed by atoms with van der Waals surface area (Å²) in [5, 5.41) is 7.00. The second-order valence-corrected chi connectivity index (χ2v) is 4.62. The highest BCUT2D eigenvalue weighted by atomic mass is 31.2. The van der Waals surface area contributed by atoms with Gasteiger partial charge in [-0.05, 0) is 0 Å². The molecule has 0 heterocycles. The van der Waals surface area contributed by atoms with Gasteiger partial charge < -0.3 is 49.1 Å². The van der Waals surface area contributed by atoms with Crippen molar-refractivity contribution in [2.45, 2.75) is 0 Å². The molecule has 13 nitrogen and oxygen atoms in total. The lowest BCUT2D eigenvalue weighted by Gasteiger charge is -1.82. The van der Waals surface area contributed by atoms with Gasteiger partial charge in [-0.15, -0.1) is 0 Å². The predicted molar refractivity (Wildman–Crippen MR) is 50.9 cm³/mol. The maximum Gasteiger partial charge on any atom is 0.466 e. The quantitative estimate of drug-likeness (QED) is 0.197. The van der Waals surface area contributed by atoms with E-state index in [1.165, 1.54) is 0 Å². The van der Waals surface area contributed by atoms with Crippen LogP contribution >= 0.6 is 23.5 Å². The molecule has 0 aromatic heterocycles. The minimum Gasteiger partial charge on any atom is -0.400 e. The van der Waals surface area contributed by atoms with Crippen molar-refractivity contribution >= 4 is 23.5 Å². The zero-order valence-corrected chi connectivity index (χ0v) is 10.7. The van der Waals surface area contributed by atoms with E-state index in [-0.39, 0.29) is 0 Å². The lowest BCUT2D eigenvalue weighted by molar-refractivity contribution is 0.272. The lowest BCUT2D eigenvalue weighted by Crippen LogP contribution is -1.66. The maximum atomic E-state index is 8.88. The van der Waals surface area contributed by atoms with Crippen LogP contribution in [-0.4, -0.2) is 56.3 Å². The van der Waals surface area contributed by atoms with Gasteiger partial charge in [0.05, 0.1) is 0 Å². The van der Waals surface area contributed by atoms with E-state index >= 15 is 0 Å². The third-order valence-corrected chi connectivity index (χ3v) is 0. The van der Waals surface area contributed by atoms with Crippen molar-refractivity contribution in [2.75, 3.05) is 7.11 Å². The highest BCUT2D eigenvalue weighted by Gasteiger charge is 2.01. The molecule has 110 valence electrons. The zero-order chi connectivity index (χ0) is 15.5. The van der Waals surface area contributed by atoms with Crippen molar-refractivity contribution in [1.82, 2.24) is 0 Å². The topological polar surface area (TPSA) is 254 Å². The van der Waals surface area contributed by atoms with E-state index < -0.39 is 23.5 Å². The van der Waals surface area contributed by atoms with Crippen LogP contribution in [0, 0.1) is 0 Å². The molecule has 10 N–H and O–H groups in total. The molecule has 0 rings (SSSR count). The molecule has 0 amide bonds. The van der Waals surface area contributed by atoms with Crippen LogP contribution in [-0.2, 0) is 13.7 Å². The largest absolute Gasteiger partial charge is 0.466 e. The van der Waals surface area contributed by atoms with Crippen LogP contribution in [0.3, 0.4) is 0 Å². The number of phosphoric acid groups is 3. The molecule has 0 aromatic carbocycles. The first-order valence-corrected chi connectivity index (χ1v) is 7.49. The molecule has 0 spiro atoms. The van der Waals surface area contributed by atoms with E-state index in [1.807, 2.05) is 0 Å². The highest BCUT2D eigenvalue weighted by molar-refractivity contribution is 7.45. The number of rotatable bonds is 0. The molecule has 0 aliphatic rings. The molecule has 0 atom stereocenters. The van der Waals surface area contributed by atoms with Gasteiger partial charge in [0.15, 0.2) is 0 Å². The molecule has 0 aromatic rings. The lowest BCUT2D eigenvalue weighted by atomic mass is 11.8. The first kappa shape index (κ1) is 26.0. The van der Waals surface area contributed by atoms with Crippen LogP contribution in [0.5, 0.6) is 0 Å². The third-order valence-electron chi connectivity index (χ3n) is 0. The van der Waals surface area contributed by atoms with Crippen LogP contribution in [0.25, 0.3) is 0 Å². The van der Waals surface area contributed by atoms with Gasteiger partial charge in [-0.2, -0.15) is 0 Å². The van der Waals surface area contributed by atoms with Crippen molar-refractivity contribution in [3.05, 3.63) is 0 Å². The molecule has 0 fully saturated rings. The summed E-state index contributed by atoms with van der Waals surface area (Å²) in [5.74, 6) is 0. The molecule has 0 aliphatic carbocycles. The second kappa shape index (κ2) is 11.4. The molecule has 0 saturated heterocycles. The predicted octanol–water partition coefficient (Wildman–Crippen LogP) is -3.18. The van der Waals surface area contributed by atoms with Gasteiger partial charge in [0, 0.05) is 7.11 Å². The van der Waals surface area contributed by atoms with Gasteiger partial charge in [-0.3, -0.25) is 0 Å². The Morgan fingerprint density at radius 1 is 0.471 bits per heavy atom. The van der Waals surface area contributed by atoms with Crippen molar-refractivity contribution in [1.29, 1.82) is 0 Å². The SMILES string of the molecule is CO.O=P(O)(O)O.O=P(O)(O)O.O=P(O)(O)O. The van der Waals surface area contributed by atoms with Crippen LogP contribution in [0.4, 0.5) is 0 Å². The Kier molecular flexibility index (Phi) is 17.4. The van der Waals surface area contributed by atoms with Crippen LogP contribution in [0.2, 0.25) is 0 Å². The fraction of sp³-hybridized carbons (Fsp3) is 1.00. The summed E-state index contributed by atoms with van der Waals surface area (Å²) in [5.41, 5.74) is 0. The van der Waals surface area contributed by atoms with E-state index in [2.05, 4.69) is 0 Å². The Morgan fingerprint density at radius 2 is 0.471 bits per heavy atom. The van der Waals surface area contributed by atoms with Gasteiger partial charge in [0.25, 0.3) is 0 Å². The molecule has 0 bridgehead atoms. The molecule has 17 heavy (non-hydrogen) atoms. The molecule has 0 radical (unpaired) electrons. The van der Waals surface area contributed by atoms with E-state index in [0.717, 1.165) is 7.11 Å². The van der Waals surface area contributed by atoms with E-state index in [9.17, 15) is 0 Å². The van der Waals surface area contributed by atoms with Crippen LogP contribution in [0.15, 0.2) is 0 Å². The summed E-state index contributed by atoms with van der Waals surface area (Å²) < 4.78 is 26.6. The van der Waals surface area contributed by atoms with Crippen LogP contribution in [0.1, 0.15) is 0 Å². The summed E-state index contributed by atoms with van der Waals surface area (Å²) in [4.78, 5) is 64.7. The zero-order valence-electron chi connectivity index (χ0n) is 8.04. The van der Waals surface area contributed by atoms with E-state index in [0.29, 0.717) is 0 Å². The average molecular weight is 326 g/mol. The summed E-state index contributed by atoms with van der Waals surface area (Å²) in [6.07, 6.45) is 0. The average Bonchev–Trinajstić information content (AvgIpc) is 1.77. The molecule has 16 heteroatoms. The standard InChI is InChI=1S/CH4O.3H3O4P/c1-2;3*1-5(2,3)4/h2H,1H3;3*(H3,1,2,3,4). The van der Waals surface area contributed by atoms with Crippen LogP contribution < -0.4 is 0 Å². The van der Waals surface area contributed by atoms with Gasteiger partial charge in [0.1, 0.15) is 0 Å².